The predicted octanol–water partition coefficient (Wildman–Crippen LogP) is 4.49. The summed E-state index contributed by atoms with van der Waals surface area (Å²) in [7, 11) is 0. The molecule has 5 rings (SSSR count). The summed E-state index contributed by atoms with van der Waals surface area (Å²) in [6.07, 6.45) is 6.11. The van der Waals surface area contributed by atoms with Crippen molar-refractivity contribution in [2.45, 2.75) is 82.8 Å². The average Bonchev–Trinajstić information content (AvgIpc) is 3.52. The normalized spacial score (nSPS) is 19.8. The van der Waals surface area contributed by atoms with Crippen LogP contribution in [-0.2, 0) is 19.2 Å². The first-order chi connectivity index (χ1) is 22.1. The second kappa shape index (κ2) is 14.7. The van der Waals surface area contributed by atoms with E-state index >= 15 is 0 Å². The Morgan fingerprint density at radius 1 is 0.848 bits per heavy atom. The van der Waals surface area contributed by atoms with Gasteiger partial charge < -0.3 is 21.3 Å². The molecular weight excluding hydrogens is 580 g/mol. The molecule has 1 aliphatic carbocycles. The SMILES string of the molecule is CC(C)C(NC(=O)[C@@H]1C[C@H](c2ccccc2)CN1C(=O)C(CC1CCCCC1)NC(=O)c1ccc2ccccc2c1)C(=O)C(N)=O. The van der Waals surface area contributed by atoms with Crippen LogP contribution < -0.4 is 16.4 Å². The lowest BCUT2D eigenvalue weighted by atomic mass is 9.84. The fourth-order valence-corrected chi connectivity index (χ4v) is 6.98. The number of hydrogen-bond acceptors (Lipinski definition) is 5. The lowest BCUT2D eigenvalue weighted by Crippen LogP contribution is -2.57. The van der Waals surface area contributed by atoms with E-state index in [0.717, 1.165) is 48.4 Å². The van der Waals surface area contributed by atoms with Gasteiger partial charge in [0.1, 0.15) is 12.1 Å². The highest BCUT2D eigenvalue weighted by molar-refractivity contribution is 6.38. The lowest BCUT2D eigenvalue weighted by Gasteiger charge is -2.32. The molecule has 46 heavy (non-hydrogen) atoms. The molecule has 2 aliphatic rings. The highest BCUT2D eigenvalue weighted by Gasteiger charge is 2.44. The fourth-order valence-electron chi connectivity index (χ4n) is 6.98. The minimum atomic E-state index is -1.12. The highest BCUT2D eigenvalue weighted by Crippen LogP contribution is 2.34. The smallest absolute Gasteiger partial charge is 0.287 e. The number of nitrogens with zero attached hydrogens (tertiary/aromatic N) is 1. The van der Waals surface area contributed by atoms with Crippen LogP contribution in [0, 0.1) is 11.8 Å². The number of Topliss-reactive ketones (excluding diaryl/α,β-unsaturated/α-hetero) is 1. The second-order valence-electron chi connectivity index (χ2n) is 13.1. The molecule has 2 fully saturated rings. The highest BCUT2D eigenvalue weighted by atomic mass is 16.2. The van der Waals surface area contributed by atoms with Crippen LogP contribution in [0.2, 0.25) is 0 Å². The molecule has 1 saturated heterocycles. The van der Waals surface area contributed by atoms with Crippen LogP contribution in [0.25, 0.3) is 10.8 Å². The van der Waals surface area contributed by atoms with E-state index in [1.807, 2.05) is 66.7 Å². The molecule has 4 atom stereocenters. The van der Waals surface area contributed by atoms with Crippen molar-refractivity contribution < 1.29 is 24.0 Å². The Bertz CT molecular complexity index is 1580. The molecule has 0 radical (unpaired) electrons. The zero-order valence-corrected chi connectivity index (χ0v) is 26.6. The monoisotopic (exact) mass is 624 g/mol. The van der Waals surface area contributed by atoms with Gasteiger partial charge in [-0.25, -0.2) is 0 Å². The molecule has 0 aromatic heterocycles. The van der Waals surface area contributed by atoms with Crippen LogP contribution in [0.1, 0.15) is 80.6 Å². The summed E-state index contributed by atoms with van der Waals surface area (Å²) in [6, 6.07) is 20.1. The molecule has 3 aromatic carbocycles. The van der Waals surface area contributed by atoms with Gasteiger partial charge in [-0.15, -0.1) is 0 Å². The molecule has 3 aromatic rings. The summed E-state index contributed by atoms with van der Waals surface area (Å²) >= 11 is 0. The van der Waals surface area contributed by atoms with Crippen LogP contribution in [0.5, 0.6) is 0 Å². The number of nitrogens with one attached hydrogen (secondary N) is 2. The summed E-state index contributed by atoms with van der Waals surface area (Å²) in [5.74, 6) is -3.42. The number of amides is 4. The number of carbonyl (C=O) groups excluding carboxylic acids is 5. The molecule has 242 valence electrons. The molecule has 1 heterocycles. The molecule has 0 bridgehead atoms. The molecule has 2 unspecified atom stereocenters. The third-order valence-electron chi connectivity index (χ3n) is 9.56. The lowest BCUT2D eigenvalue weighted by molar-refractivity contribution is -0.142. The summed E-state index contributed by atoms with van der Waals surface area (Å²) in [4.78, 5) is 68.0. The first kappa shape index (κ1) is 32.9. The largest absolute Gasteiger partial charge is 0.363 e. The van der Waals surface area contributed by atoms with Crippen molar-refractivity contribution in [1.82, 2.24) is 15.5 Å². The minimum Gasteiger partial charge on any atom is -0.363 e. The number of rotatable bonds is 11. The molecule has 4 N–H and O–H groups in total. The molecule has 9 nitrogen and oxygen atoms in total. The van der Waals surface area contributed by atoms with Crippen molar-refractivity contribution >= 4 is 40.2 Å². The van der Waals surface area contributed by atoms with Crippen molar-refractivity contribution in [3.8, 4) is 0 Å². The van der Waals surface area contributed by atoms with Crippen LogP contribution >= 0.6 is 0 Å². The predicted molar refractivity (Wildman–Crippen MR) is 177 cm³/mol. The van der Waals surface area contributed by atoms with Crippen molar-refractivity contribution in [3.63, 3.8) is 0 Å². The van der Waals surface area contributed by atoms with Crippen LogP contribution in [0.15, 0.2) is 72.8 Å². The van der Waals surface area contributed by atoms with Crippen molar-refractivity contribution in [1.29, 1.82) is 0 Å². The first-order valence-corrected chi connectivity index (χ1v) is 16.4. The number of likely N-dealkylation sites (tertiary alicyclic amines) is 1. The van der Waals surface area contributed by atoms with Gasteiger partial charge in [-0.05, 0) is 53.1 Å². The van der Waals surface area contributed by atoms with E-state index in [-0.39, 0.29) is 36.1 Å². The number of ketones is 1. The van der Waals surface area contributed by atoms with Crippen LogP contribution in [-0.4, -0.2) is 59.0 Å². The Morgan fingerprint density at radius 3 is 2.20 bits per heavy atom. The minimum absolute atomic E-state index is 0.128. The molecule has 9 heteroatoms. The van der Waals surface area contributed by atoms with E-state index in [0.29, 0.717) is 18.4 Å². The van der Waals surface area contributed by atoms with Crippen molar-refractivity contribution in [2.24, 2.45) is 17.6 Å². The van der Waals surface area contributed by atoms with Crippen molar-refractivity contribution in [3.05, 3.63) is 83.9 Å². The van der Waals surface area contributed by atoms with Gasteiger partial charge in [-0.1, -0.05) is 107 Å². The van der Waals surface area contributed by atoms with Gasteiger partial charge >= 0.3 is 0 Å². The maximum Gasteiger partial charge on any atom is 0.287 e. The zero-order valence-electron chi connectivity index (χ0n) is 26.6. The summed E-state index contributed by atoms with van der Waals surface area (Å²) in [5, 5.41) is 7.72. The van der Waals surface area contributed by atoms with Gasteiger partial charge in [0.2, 0.25) is 17.6 Å². The van der Waals surface area contributed by atoms with E-state index in [1.54, 1.807) is 24.8 Å². The molecular formula is C37H44N4O5. The van der Waals surface area contributed by atoms with E-state index in [2.05, 4.69) is 10.6 Å². The van der Waals surface area contributed by atoms with Gasteiger partial charge in [0, 0.05) is 18.0 Å². The molecule has 4 amide bonds. The van der Waals surface area contributed by atoms with Crippen LogP contribution in [0.4, 0.5) is 0 Å². The zero-order chi connectivity index (χ0) is 32.8. The number of hydrogen-bond donors (Lipinski definition) is 3. The summed E-state index contributed by atoms with van der Waals surface area (Å²) < 4.78 is 0. The van der Waals surface area contributed by atoms with E-state index < -0.39 is 35.7 Å². The first-order valence-electron chi connectivity index (χ1n) is 16.4. The van der Waals surface area contributed by atoms with Crippen molar-refractivity contribution in [2.75, 3.05) is 6.54 Å². The average molecular weight is 625 g/mol. The summed E-state index contributed by atoms with van der Waals surface area (Å²) in [5.41, 5.74) is 6.74. The quantitative estimate of drug-likeness (QED) is 0.270. The third-order valence-corrected chi connectivity index (χ3v) is 9.56. The maximum absolute atomic E-state index is 14.5. The third kappa shape index (κ3) is 7.63. The maximum atomic E-state index is 14.5. The van der Waals surface area contributed by atoms with Crippen LogP contribution in [0.3, 0.4) is 0 Å². The Kier molecular flexibility index (Phi) is 10.5. The topological polar surface area (TPSA) is 139 Å². The van der Waals surface area contributed by atoms with Gasteiger partial charge in [0.05, 0.1) is 6.04 Å². The standard InChI is InChI=1S/C37H44N4O5/c1-23(2)32(33(42)34(38)43)40-36(45)31-21-29(25-13-7-4-8-14-25)22-41(31)37(46)30(19-24-11-5-3-6-12-24)39-35(44)28-18-17-26-15-9-10-16-27(26)20-28/h4,7-10,13-18,20,23-24,29-32H,3,5-6,11-12,19,21-22H2,1-2H3,(H2,38,43)(H,39,44)(H,40,45)/t29-,30?,31-,32?/m0/s1. The molecule has 1 saturated carbocycles. The molecule has 0 spiro atoms. The second-order valence-corrected chi connectivity index (χ2v) is 13.1. The fraction of sp³-hybridized carbons (Fsp3) is 0.432. The number of primary amides is 1. The van der Waals surface area contributed by atoms with Gasteiger partial charge in [-0.2, -0.15) is 0 Å². The number of nitrogens with two attached hydrogens (primary N) is 1. The Morgan fingerprint density at radius 2 is 1.52 bits per heavy atom. The Hall–Kier alpha value is -4.53. The Balaban J connectivity index is 1.44. The number of carbonyl (C=O) groups is 5. The van der Waals surface area contributed by atoms with Gasteiger partial charge in [-0.3, -0.25) is 24.0 Å². The summed E-state index contributed by atoms with van der Waals surface area (Å²) in [6.45, 7) is 3.72. The number of fused-ring (bicyclic) bond motifs is 1. The van der Waals surface area contributed by atoms with E-state index in [9.17, 15) is 24.0 Å². The van der Waals surface area contributed by atoms with Gasteiger partial charge in [0.25, 0.3) is 11.8 Å². The van der Waals surface area contributed by atoms with E-state index in [4.69, 9.17) is 5.73 Å². The van der Waals surface area contributed by atoms with Gasteiger partial charge in [0.15, 0.2) is 0 Å². The number of benzene rings is 3. The Labute approximate surface area is 270 Å². The molecule has 1 aliphatic heterocycles. The van der Waals surface area contributed by atoms with E-state index in [1.165, 1.54) is 0 Å².